The molecule has 5 heteroatoms. The molecule has 4 saturated heterocycles. The normalized spacial score (nSPS) is 43.6. The first-order valence-electron chi connectivity index (χ1n) is 6.07. The molecule has 17 heavy (non-hydrogen) atoms. The fourth-order valence-corrected chi connectivity index (χ4v) is 3.37. The fourth-order valence-electron chi connectivity index (χ4n) is 3.37. The predicted molar refractivity (Wildman–Crippen MR) is 63.8 cm³/mol. The largest absolute Gasteiger partial charge is 0.463 e. The summed E-state index contributed by atoms with van der Waals surface area (Å²) in [5, 5.41) is 0. The molecule has 4 fully saturated rings. The van der Waals surface area contributed by atoms with Crippen LogP contribution in [0, 0.1) is 0 Å². The summed E-state index contributed by atoms with van der Waals surface area (Å²) in [7, 11) is 0. The average molecular weight is 232 g/mol. The predicted octanol–water partition coefficient (Wildman–Crippen LogP) is 0.257. The van der Waals surface area contributed by atoms with Crippen molar-refractivity contribution in [3.05, 3.63) is 24.2 Å². The van der Waals surface area contributed by atoms with Gasteiger partial charge in [0.05, 0.1) is 38.0 Å². The second-order valence-electron chi connectivity index (χ2n) is 5.41. The van der Waals surface area contributed by atoms with Gasteiger partial charge in [-0.2, -0.15) is 0 Å². The zero-order valence-electron chi connectivity index (χ0n) is 9.75. The fraction of sp³-hybridized carbons (Fsp3) is 0.583. The van der Waals surface area contributed by atoms with Gasteiger partial charge in [-0.05, 0) is 12.1 Å². The Labute approximate surface area is 100 Å². The maximum absolute atomic E-state index is 5.31. The number of rotatable bonds is 2. The van der Waals surface area contributed by atoms with Crippen molar-refractivity contribution < 1.29 is 4.42 Å². The van der Waals surface area contributed by atoms with Crippen molar-refractivity contribution in [3.8, 4) is 0 Å². The SMILES string of the molecule is C(=NC12CN3CN(CN(C3)C1)C2)c1ccco1. The lowest BCUT2D eigenvalue weighted by Crippen LogP contribution is -2.75. The van der Waals surface area contributed by atoms with Crippen LogP contribution >= 0.6 is 0 Å². The van der Waals surface area contributed by atoms with Crippen LogP contribution in [0.4, 0.5) is 0 Å². The summed E-state index contributed by atoms with van der Waals surface area (Å²) in [6.07, 6.45) is 3.58. The van der Waals surface area contributed by atoms with Crippen LogP contribution in [-0.4, -0.2) is 66.1 Å². The molecule has 5 nitrogen and oxygen atoms in total. The third-order valence-corrected chi connectivity index (χ3v) is 3.76. The molecule has 4 aliphatic rings. The van der Waals surface area contributed by atoms with E-state index < -0.39 is 0 Å². The van der Waals surface area contributed by atoms with E-state index in [1.807, 2.05) is 18.3 Å². The molecule has 0 spiro atoms. The second kappa shape index (κ2) is 3.41. The Morgan fingerprint density at radius 2 is 1.76 bits per heavy atom. The standard InChI is InChI=1S/C12H16N4O/c1-2-11(17-3-1)4-13-12-5-14-8-15(6-12)10-16(7-12)9-14/h1-4H,5-10H2. The summed E-state index contributed by atoms with van der Waals surface area (Å²) in [4.78, 5) is 12.2. The first-order valence-corrected chi connectivity index (χ1v) is 6.07. The zero-order chi connectivity index (χ0) is 11.3. The van der Waals surface area contributed by atoms with Crippen LogP contribution in [0.1, 0.15) is 5.76 Å². The molecule has 4 bridgehead atoms. The number of nitrogens with zero attached hydrogens (tertiary/aromatic N) is 4. The van der Waals surface area contributed by atoms with Gasteiger partial charge in [-0.25, -0.2) is 0 Å². The van der Waals surface area contributed by atoms with Crippen molar-refractivity contribution in [3.63, 3.8) is 0 Å². The molecule has 4 aliphatic heterocycles. The molecule has 90 valence electrons. The molecule has 0 amide bonds. The van der Waals surface area contributed by atoms with Gasteiger partial charge in [0.15, 0.2) is 0 Å². The van der Waals surface area contributed by atoms with E-state index in [9.17, 15) is 0 Å². The minimum absolute atomic E-state index is 0.0571. The van der Waals surface area contributed by atoms with Crippen LogP contribution in [0.15, 0.2) is 27.8 Å². The molecule has 5 rings (SSSR count). The van der Waals surface area contributed by atoms with Gasteiger partial charge in [-0.15, -0.1) is 0 Å². The van der Waals surface area contributed by atoms with E-state index in [-0.39, 0.29) is 5.54 Å². The maximum Gasteiger partial charge on any atom is 0.144 e. The van der Waals surface area contributed by atoms with Crippen molar-refractivity contribution in [1.29, 1.82) is 0 Å². The van der Waals surface area contributed by atoms with E-state index >= 15 is 0 Å². The Morgan fingerprint density at radius 1 is 1.12 bits per heavy atom. The lowest BCUT2D eigenvalue weighted by atomic mass is 9.92. The first kappa shape index (κ1) is 9.82. The summed E-state index contributed by atoms with van der Waals surface area (Å²) in [6, 6.07) is 3.85. The third-order valence-electron chi connectivity index (χ3n) is 3.76. The summed E-state index contributed by atoms with van der Waals surface area (Å²) in [5.41, 5.74) is 0.0571. The van der Waals surface area contributed by atoms with Gasteiger partial charge in [0, 0.05) is 19.6 Å². The molecule has 0 aliphatic carbocycles. The number of hydrogen-bond donors (Lipinski definition) is 0. The zero-order valence-corrected chi connectivity index (χ0v) is 9.75. The highest BCUT2D eigenvalue weighted by Gasteiger charge is 2.48. The lowest BCUT2D eigenvalue weighted by molar-refractivity contribution is -0.139. The van der Waals surface area contributed by atoms with Crippen molar-refractivity contribution in [1.82, 2.24) is 14.7 Å². The van der Waals surface area contributed by atoms with Gasteiger partial charge in [-0.1, -0.05) is 0 Å². The molecule has 0 aromatic carbocycles. The monoisotopic (exact) mass is 232 g/mol. The summed E-state index contributed by atoms with van der Waals surface area (Å²) in [5.74, 6) is 0.848. The quantitative estimate of drug-likeness (QED) is 0.685. The Hall–Kier alpha value is -1.17. The highest BCUT2D eigenvalue weighted by Crippen LogP contribution is 2.31. The van der Waals surface area contributed by atoms with Gasteiger partial charge in [-0.3, -0.25) is 19.7 Å². The first-order chi connectivity index (χ1) is 8.31. The Kier molecular flexibility index (Phi) is 1.97. The molecular weight excluding hydrogens is 216 g/mol. The highest BCUT2D eigenvalue weighted by molar-refractivity contribution is 5.76. The summed E-state index contributed by atoms with van der Waals surface area (Å²) < 4.78 is 5.31. The van der Waals surface area contributed by atoms with E-state index in [1.165, 1.54) is 0 Å². The summed E-state index contributed by atoms with van der Waals surface area (Å²) in [6.45, 7) is 6.56. The molecule has 0 saturated carbocycles. The van der Waals surface area contributed by atoms with Crippen molar-refractivity contribution in [2.75, 3.05) is 39.6 Å². The van der Waals surface area contributed by atoms with Gasteiger partial charge in [0.1, 0.15) is 5.76 Å². The van der Waals surface area contributed by atoms with Crippen LogP contribution in [-0.2, 0) is 0 Å². The van der Waals surface area contributed by atoms with Gasteiger partial charge in [0.25, 0.3) is 0 Å². The van der Waals surface area contributed by atoms with E-state index in [4.69, 9.17) is 9.41 Å². The molecule has 1 aromatic rings. The Bertz CT molecular complexity index is 404. The highest BCUT2D eigenvalue weighted by atomic mass is 16.3. The van der Waals surface area contributed by atoms with E-state index in [2.05, 4.69) is 14.7 Å². The molecule has 5 heterocycles. The van der Waals surface area contributed by atoms with Gasteiger partial charge >= 0.3 is 0 Å². The van der Waals surface area contributed by atoms with Gasteiger partial charge < -0.3 is 4.42 Å². The molecule has 0 N–H and O–H groups in total. The van der Waals surface area contributed by atoms with E-state index in [0.29, 0.717) is 0 Å². The molecular formula is C12H16N4O. The lowest BCUT2D eigenvalue weighted by Gasteiger charge is -2.59. The molecule has 0 unspecified atom stereocenters. The summed E-state index contributed by atoms with van der Waals surface area (Å²) >= 11 is 0. The maximum atomic E-state index is 5.31. The van der Waals surface area contributed by atoms with Crippen LogP contribution in [0.25, 0.3) is 0 Å². The van der Waals surface area contributed by atoms with Crippen molar-refractivity contribution in [2.45, 2.75) is 5.54 Å². The van der Waals surface area contributed by atoms with E-state index in [0.717, 1.165) is 45.4 Å². The smallest absolute Gasteiger partial charge is 0.144 e. The molecule has 0 radical (unpaired) electrons. The minimum Gasteiger partial charge on any atom is -0.463 e. The Balaban J connectivity index is 1.60. The molecule has 1 aromatic heterocycles. The van der Waals surface area contributed by atoms with Crippen LogP contribution in [0.3, 0.4) is 0 Å². The van der Waals surface area contributed by atoms with Crippen molar-refractivity contribution in [2.24, 2.45) is 4.99 Å². The van der Waals surface area contributed by atoms with E-state index in [1.54, 1.807) is 6.26 Å². The minimum atomic E-state index is 0.0571. The number of hydrogen-bond acceptors (Lipinski definition) is 5. The third kappa shape index (κ3) is 1.62. The van der Waals surface area contributed by atoms with Crippen LogP contribution in [0.5, 0.6) is 0 Å². The Morgan fingerprint density at radius 3 is 2.29 bits per heavy atom. The number of furan rings is 1. The van der Waals surface area contributed by atoms with Gasteiger partial charge in [0.2, 0.25) is 0 Å². The van der Waals surface area contributed by atoms with Crippen LogP contribution < -0.4 is 0 Å². The topological polar surface area (TPSA) is 35.2 Å². The second-order valence-corrected chi connectivity index (χ2v) is 5.41. The average Bonchev–Trinajstić information content (AvgIpc) is 2.77. The van der Waals surface area contributed by atoms with Crippen LogP contribution in [0.2, 0.25) is 0 Å². The van der Waals surface area contributed by atoms with Crippen molar-refractivity contribution >= 4 is 6.21 Å². The number of aliphatic imine (C=N–C) groups is 1. The molecule has 0 atom stereocenters.